The molecule has 6 heteroatoms. The van der Waals surface area contributed by atoms with E-state index in [2.05, 4.69) is 56.7 Å². The summed E-state index contributed by atoms with van der Waals surface area (Å²) in [5.41, 5.74) is 2.44. The van der Waals surface area contributed by atoms with E-state index in [1.165, 1.54) is 34.1 Å². The van der Waals surface area contributed by atoms with Crippen molar-refractivity contribution in [2.45, 2.75) is 43.9 Å². The Morgan fingerprint density at radius 1 is 1.06 bits per heavy atom. The number of hydrogen-bond donors (Lipinski definition) is 3. The van der Waals surface area contributed by atoms with E-state index >= 15 is 0 Å². The number of carbonyl (C=O) groups excluding carboxylic acids is 1. The molecule has 0 amide bonds. The molecule has 3 aromatic rings. The molecule has 2 aromatic carbocycles. The van der Waals surface area contributed by atoms with Crippen molar-refractivity contribution in [1.82, 2.24) is 15.0 Å². The van der Waals surface area contributed by atoms with Gasteiger partial charge >= 0.3 is 0 Å². The third kappa shape index (κ3) is 7.83. The second-order valence-electron chi connectivity index (χ2n) is 8.54. The minimum absolute atomic E-state index is 0.270. The minimum atomic E-state index is 0.270. The predicted octanol–water partition coefficient (Wildman–Crippen LogP) is 5.89. The molecule has 1 saturated carbocycles. The molecule has 0 bridgehead atoms. The maximum atomic E-state index is 10.7. The number of aldehydes is 1. The molecule has 2 fully saturated rings. The van der Waals surface area contributed by atoms with Gasteiger partial charge in [0, 0.05) is 47.9 Å². The number of carbonyl (C=O) groups is 1. The van der Waals surface area contributed by atoms with Crippen molar-refractivity contribution in [3.8, 4) is 0 Å². The summed E-state index contributed by atoms with van der Waals surface area (Å²) in [5, 5.41) is 8.89. The first-order valence-corrected chi connectivity index (χ1v) is 13.3. The highest BCUT2D eigenvalue weighted by atomic mass is 32.2. The van der Waals surface area contributed by atoms with Gasteiger partial charge in [0.15, 0.2) is 0 Å². The Morgan fingerprint density at radius 2 is 1.82 bits per heavy atom. The van der Waals surface area contributed by atoms with Crippen molar-refractivity contribution in [1.29, 1.82) is 0 Å². The van der Waals surface area contributed by atoms with Crippen LogP contribution in [0.3, 0.4) is 0 Å². The lowest BCUT2D eigenvalue weighted by Crippen LogP contribution is -2.31. The smallest absolute Gasteiger partial charge is 0.123 e. The Bertz CT molecular complexity index is 1000. The minimum Gasteiger partial charge on any atom is -0.388 e. The zero-order valence-corrected chi connectivity index (χ0v) is 21.4. The largest absolute Gasteiger partial charge is 0.388 e. The van der Waals surface area contributed by atoms with Gasteiger partial charge in [-0.2, -0.15) is 0 Å². The summed E-state index contributed by atoms with van der Waals surface area (Å²) in [6, 6.07) is 16.9. The summed E-state index contributed by atoms with van der Waals surface area (Å²) in [6.07, 6.45) is 8.36. The number of pyridine rings is 1. The Labute approximate surface area is 208 Å². The van der Waals surface area contributed by atoms with Crippen molar-refractivity contribution in [3.05, 3.63) is 66.5 Å². The first kappa shape index (κ1) is 26.2. The molecule has 5 nitrogen and oxygen atoms in total. The lowest BCUT2D eigenvalue weighted by molar-refractivity contribution is -0.108. The highest BCUT2D eigenvalue weighted by Gasteiger charge is 2.37. The summed E-state index contributed by atoms with van der Waals surface area (Å²) >= 11 is 1.72. The second kappa shape index (κ2) is 14.1. The molecule has 2 heterocycles. The molecule has 5 rings (SSSR count). The van der Waals surface area contributed by atoms with Crippen LogP contribution in [0.2, 0.25) is 0 Å². The van der Waals surface area contributed by atoms with Gasteiger partial charge in [-0.3, -0.25) is 9.71 Å². The van der Waals surface area contributed by atoms with E-state index in [0.29, 0.717) is 5.92 Å². The molecule has 1 aliphatic carbocycles. The fraction of sp³-hybridized carbons (Fsp3) is 0.429. The zero-order valence-electron chi connectivity index (χ0n) is 20.6. The van der Waals surface area contributed by atoms with E-state index in [1.807, 2.05) is 45.4 Å². The highest BCUT2D eigenvalue weighted by molar-refractivity contribution is 7.97. The van der Waals surface area contributed by atoms with Crippen LogP contribution in [-0.4, -0.2) is 38.0 Å². The molecule has 2 atom stereocenters. The molecule has 1 unspecified atom stereocenters. The molecule has 0 spiro atoms. The molecular formula is C28H38N4OS. The lowest BCUT2D eigenvalue weighted by Gasteiger charge is -2.22. The molecule has 0 radical (unpaired) electrons. The zero-order chi connectivity index (χ0) is 24.2. The monoisotopic (exact) mass is 478 g/mol. The maximum absolute atomic E-state index is 10.7. The predicted molar refractivity (Wildman–Crippen MR) is 145 cm³/mol. The number of rotatable bonds is 7. The molecule has 1 saturated heterocycles. The number of nitrogens with one attached hydrogen (secondary N) is 3. The number of anilines is 1. The summed E-state index contributed by atoms with van der Waals surface area (Å²) in [5.74, 6) is 1.56. The van der Waals surface area contributed by atoms with Gasteiger partial charge in [-0.1, -0.05) is 32.0 Å². The maximum Gasteiger partial charge on any atom is 0.123 e. The summed E-state index contributed by atoms with van der Waals surface area (Å²) in [6.45, 7) is 7.40. The Balaban J connectivity index is 0.000000197. The molecule has 1 aromatic heterocycles. The number of nitrogens with zero attached hydrogens (tertiary/aromatic N) is 1. The number of benzene rings is 2. The fourth-order valence-electron chi connectivity index (χ4n) is 4.10. The van der Waals surface area contributed by atoms with E-state index in [-0.39, 0.29) is 5.92 Å². The Morgan fingerprint density at radius 3 is 2.50 bits per heavy atom. The highest BCUT2D eigenvalue weighted by Crippen LogP contribution is 2.46. The molecule has 2 aliphatic rings. The van der Waals surface area contributed by atoms with Gasteiger partial charge in [0.2, 0.25) is 0 Å². The van der Waals surface area contributed by atoms with E-state index in [4.69, 9.17) is 0 Å². The SMILES string of the molecule is CC.CNc1ccc2cnccc2c1.O=CC1C[C@H]1c1ccc(SNCC2CCNCC2)cc1. The van der Waals surface area contributed by atoms with Gasteiger partial charge in [0.1, 0.15) is 6.29 Å². The number of aromatic nitrogens is 1. The van der Waals surface area contributed by atoms with E-state index in [9.17, 15) is 4.79 Å². The van der Waals surface area contributed by atoms with Gasteiger partial charge < -0.3 is 15.4 Å². The molecule has 3 N–H and O–H groups in total. The van der Waals surface area contributed by atoms with Crippen molar-refractivity contribution >= 4 is 34.7 Å². The Kier molecular flexibility index (Phi) is 10.9. The lowest BCUT2D eigenvalue weighted by atomic mass is 9.99. The third-order valence-corrected chi connectivity index (χ3v) is 7.09. The van der Waals surface area contributed by atoms with Gasteiger partial charge in [0.05, 0.1) is 0 Å². The van der Waals surface area contributed by atoms with Gasteiger partial charge in [-0.05, 0) is 97.4 Å². The van der Waals surface area contributed by atoms with Gasteiger partial charge in [0.25, 0.3) is 0 Å². The molecule has 182 valence electrons. The molecular weight excluding hydrogens is 440 g/mol. The van der Waals surface area contributed by atoms with Crippen LogP contribution in [0, 0.1) is 11.8 Å². The summed E-state index contributed by atoms with van der Waals surface area (Å²) < 4.78 is 3.49. The average molecular weight is 479 g/mol. The molecule has 1 aliphatic heterocycles. The van der Waals surface area contributed by atoms with Crippen LogP contribution in [-0.2, 0) is 4.79 Å². The van der Waals surface area contributed by atoms with E-state index < -0.39 is 0 Å². The van der Waals surface area contributed by atoms with Crippen LogP contribution in [0.25, 0.3) is 10.8 Å². The van der Waals surface area contributed by atoms with Crippen LogP contribution in [0.15, 0.2) is 65.8 Å². The summed E-state index contributed by atoms with van der Waals surface area (Å²) in [7, 11) is 1.92. The van der Waals surface area contributed by atoms with E-state index in [1.54, 1.807) is 11.9 Å². The standard InChI is InChI=1S/C16H22N2OS.C10H10N2.C2H6/c19-11-14-9-16(14)13-1-3-15(4-2-13)20-18-10-12-5-7-17-8-6-12;1-11-10-3-2-9-7-12-5-4-8(9)6-10;1-2/h1-4,11-12,14,16-18H,5-10H2;2-7,11H,1H3;1-2H3/t14?,16-;;/m0../s1. The Hall–Kier alpha value is -2.41. The summed E-state index contributed by atoms with van der Waals surface area (Å²) in [4.78, 5) is 16.0. The fourth-order valence-corrected chi connectivity index (χ4v) is 4.86. The first-order valence-electron chi connectivity index (χ1n) is 12.4. The number of fused-ring (bicyclic) bond motifs is 1. The average Bonchev–Trinajstić information content (AvgIpc) is 3.71. The quantitative estimate of drug-likeness (QED) is 0.291. The van der Waals surface area contributed by atoms with Crippen LogP contribution in [0.1, 0.15) is 44.6 Å². The second-order valence-corrected chi connectivity index (χ2v) is 9.51. The van der Waals surface area contributed by atoms with Gasteiger partial charge in [-0.25, -0.2) is 0 Å². The normalized spacial score (nSPS) is 19.3. The van der Waals surface area contributed by atoms with Crippen molar-refractivity contribution in [3.63, 3.8) is 0 Å². The first-order chi connectivity index (χ1) is 16.8. The number of hydrogen-bond acceptors (Lipinski definition) is 6. The topological polar surface area (TPSA) is 66.0 Å². The molecule has 34 heavy (non-hydrogen) atoms. The van der Waals surface area contributed by atoms with Crippen LogP contribution in [0.4, 0.5) is 5.69 Å². The van der Waals surface area contributed by atoms with Crippen LogP contribution < -0.4 is 15.4 Å². The van der Waals surface area contributed by atoms with Crippen molar-refractivity contribution in [2.75, 3.05) is 32.0 Å². The number of piperidine rings is 1. The van der Waals surface area contributed by atoms with Crippen molar-refractivity contribution < 1.29 is 4.79 Å². The van der Waals surface area contributed by atoms with Crippen LogP contribution in [0.5, 0.6) is 0 Å². The van der Waals surface area contributed by atoms with Crippen LogP contribution >= 0.6 is 11.9 Å². The third-order valence-electron chi connectivity index (χ3n) is 6.27. The van der Waals surface area contributed by atoms with E-state index in [0.717, 1.165) is 43.9 Å². The van der Waals surface area contributed by atoms with Crippen molar-refractivity contribution in [2.24, 2.45) is 11.8 Å². The van der Waals surface area contributed by atoms with Gasteiger partial charge in [-0.15, -0.1) is 0 Å².